The van der Waals surface area contributed by atoms with Crippen molar-refractivity contribution in [3.63, 3.8) is 0 Å². The third-order valence-electron chi connectivity index (χ3n) is 5.63. The number of amides is 1. The van der Waals surface area contributed by atoms with E-state index in [0.29, 0.717) is 43.6 Å². The predicted molar refractivity (Wildman–Crippen MR) is 99.6 cm³/mol. The maximum atomic E-state index is 12.6. The van der Waals surface area contributed by atoms with Crippen molar-refractivity contribution in [2.45, 2.75) is 38.6 Å². The lowest BCUT2D eigenvalue weighted by Gasteiger charge is -2.35. The van der Waals surface area contributed by atoms with Crippen LogP contribution in [0.5, 0.6) is 0 Å². The monoisotopic (exact) mass is 361 g/mol. The van der Waals surface area contributed by atoms with E-state index in [9.17, 15) is 14.9 Å². The van der Waals surface area contributed by atoms with E-state index >= 15 is 0 Å². The molecule has 0 atom stereocenters. The largest absolute Gasteiger partial charge is 0.378 e. The standard InChI is InChI=1S/C19H27N3O4/c1-14-3-6-16(7-4-14)20(2)17-8-5-15(13-18(17)22(24)25)19(23)21-9-11-26-12-10-21/h5,8,13-14,16H,3-4,6-7,9-12H2,1-2H3. The summed E-state index contributed by atoms with van der Waals surface area (Å²) in [6.45, 7) is 4.32. The van der Waals surface area contributed by atoms with Gasteiger partial charge in [0.25, 0.3) is 11.6 Å². The molecule has 2 fully saturated rings. The van der Waals surface area contributed by atoms with Crippen LogP contribution >= 0.6 is 0 Å². The predicted octanol–water partition coefficient (Wildman–Crippen LogP) is 3.08. The lowest BCUT2D eigenvalue weighted by molar-refractivity contribution is -0.384. The molecule has 2 aliphatic rings. The average molecular weight is 361 g/mol. The molecule has 1 aromatic carbocycles. The van der Waals surface area contributed by atoms with Gasteiger partial charge in [-0.1, -0.05) is 6.92 Å². The van der Waals surface area contributed by atoms with Crippen LogP contribution < -0.4 is 4.90 Å². The van der Waals surface area contributed by atoms with Crippen LogP contribution in [0.1, 0.15) is 43.0 Å². The van der Waals surface area contributed by atoms with Crippen molar-refractivity contribution in [2.75, 3.05) is 38.3 Å². The van der Waals surface area contributed by atoms with Crippen molar-refractivity contribution in [1.82, 2.24) is 4.90 Å². The second-order valence-corrected chi connectivity index (χ2v) is 7.39. The Labute approximate surface area is 154 Å². The molecule has 1 amide bonds. The zero-order valence-corrected chi connectivity index (χ0v) is 15.5. The topological polar surface area (TPSA) is 75.9 Å². The fraction of sp³-hybridized carbons (Fsp3) is 0.632. The highest BCUT2D eigenvalue weighted by atomic mass is 16.6. The lowest BCUT2D eigenvalue weighted by atomic mass is 9.86. The van der Waals surface area contributed by atoms with Crippen LogP contribution in [0, 0.1) is 16.0 Å². The number of rotatable bonds is 4. The first-order chi connectivity index (χ1) is 12.5. The first-order valence-electron chi connectivity index (χ1n) is 9.35. The van der Waals surface area contributed by atoms with Crippen LogP contribution in [0.2, 0.25) is 0 Å². The molecule has 3 rings (SSSR count). The number of benzene rings is 1. The number of anilines is 1. The summed E-state index contributed by atoms with van der Waals surface area (Å²) in [6.07, 6.45) is 4.39. The number of carbonyl (C=O) groups is 1. The van der Waals surface area contributed by atoms with Crippen LogP contribution in [0.3, 0.4) is 0 Å². The highest BCUT2D eigenvalue weighted by molar-refractivity contribution is 5.95. The van der Waals surface area contributed by atoms with Gasteiger partial charge in [-0.15, -0.1) is 0 Å². The second-order valence-electron chi connectivity index (χ2n) is 7.39. The smallest absolute Gasteiger partial charge is 0.293 e. The summed E-state index contributed by atoms with van der Waals surface area (Å²) in [7, 11) is 1.92. The van der Waals surface area contributed by atoms with E-state index in [1.807, 2.05) is 11.9 Å². The molecule has 142 valence electrons. The van der Waals surface area contributed by atoms with E-state index in [1.165, 1.54) is 6.07 Å². The van der Waals surface area contributed by atoms with Gasteiger partial charge < -0.3 is 14.5 Å². The lowest BCUT2D eigenvalue weighted by Crippen LogP contribution is -2.40. The fourth-order valence-electron chi connectivity index (χ4n) is 3.88. The van der Waals surface area contributed by atoms with E-state index in [4.69, 9.17) is 4.74 Å². The molecule has 7 heteroatoms. The Kier molecular flexibility index (Phi) is 5.76. The minimum absolute atomic E-state index is 0.00484. The molecule has 0 unspecified atom stereocenters. The van der Waals surface area contributed by atoms with Crippen molar-refractivity contribution in [2.24, 2.45) is 5.92 Å². The molecule has 1 saturated carbocycles. The highest BCUT2D eigenvalue weighted by Crippen LogP contribution is 2.34. The second kappa shape index (κ2) is 8.03. The quantitative estimate of drug-likeness (QED) is 0.608. The number of ether oxygens (including phenoxy) is 1. The number of hydrogen-bond acceptors (Lipinski definition) is 5. The summed E-state index contributed by atoms with van der Waals surface area (Å²) in [5.74, 6) is 0.556. The normalized spacial score (nSPS) is 23.5. The van der Waals surface area contributed by atoms with Crippen LogP contribution in [-0.2, 0) is 4.74 Å². The zero-order chi connectivity index (χ0) is 18.7. The van der Waals surface area contributed by atoms with Crippen molar-refractivity contribution >= 4 is 17.3 Å². The molecule has 0 spiro atoms. The Bertz CT molecular complexity index is 665. The zero-order valence-electron chi connectivity index (χ0n) is 15.5. The summed E-state index contributed by atoms with van der Waals surface area (Å²) in [5.41, 5.74) is 0.964. The molecule has 1 aromatic rings. The summed E-state index contributed by atoms with van der Waals surface area (Å²) < 4.78 is 5.26. The van der Waals surface area contributed by atoms with Crippen molar-refractivity contribution in [3.05, 3.63) is 33.9 Å². The van der Waals surface area contributed by atoms with E-state index in [0.717, 1.165) is 31.6 Å². The minimum Gasteiger partial charge on any atom is -0.378 e. The molecule has 0 N–H and O–H groups in total. The third-order valence-corrected chi connectivity index (χ3v) is 5.63. The highest BCUT2D eigenvalue weighted by Gasteiger charge is 2.28. The van der Waals surface area contributed by atoms with E-state index < -0.39 is 0 Å². The summed E-state index contributed by atoms with van der Waals surface area (Å²) in [4.78, 5) is 27.6. The molecular weight excluding hydrogens is 334 g/mol. The average Bonchev–Trinajstić information content (AvgIpc) is 2.67. The summed E-state index contributed by atoms with van der Waals surface area (Å²) >= 11 is 0. The van der Waals surface area contributed by atoms with Gasteiger partial charge in [0.15, 0.2) is 0 Å². The van der Waals surface area contributed by atoms with Crippen LogP contribution in [-0.4, -0.2) is 55.1 Å². The molecule has 26 heavy (non-hydrogen) atoms. The van der Waals surface area contributed by atoms with Crippen molar-refractivity contribution in [1.29, 1.82) is 0 Å². The van der Waals surface area contributed by atoms with Crippen molar-refractivity contribution < 1.29 is 14.5 Å². The van der Waals surface area contributed by atoms with Gasteiger partial charge in [-0.2, -0.15) is 0 Å². The molecule has 1 saturated heterocycles. The van der Waals surface area contributed by atoms with Gasteiger partial charge in [-0.05, 0) is 43.7 Å². The molecule has 0 aromatic heterocycles. The molecule has 0 radical (unpaired) electrons. The van der Waals surface area contributed by atoms with Crippen LogP contribution in [0.15, 0.2) is 18.2 Å². The van der Waals surface area contributed by atoms with E-state index in [1.54, 1.807) is 17.0 Å². The molecule has 0 bridgehead atoms. The Morgan fingerprint density at radius 2 is 1.88 bits per heavy atom. The Morgan fingerprint density at radius 3 is 2.50 bits per heavy atom. The first-order valence-corrected chi connectivity index (χ1v) is 9.35. The maximum absolute atomic E-state index is 12.6. The Hall–Kier alpha value is -2.15. The molecule has 7 nitrogen and oxygen atoms in total. The number of carbonyl (C=O) groups excluding carboxylic acids is 1. The summed E-state index contributed by atoms with van der Waals surface area (Å²) in [6, 6.07) is 5.17. The fourth-order valence-corrected chi connectivity index (χ4v) is 3.88. The number of nitrogens with zero attached hydrogens (tertiary/aromatic N) is 3. The molecule has 1 heterocycles. The van der Waals surface area contributed by atoms with Gasteiger partial charge in [0.05, 0.1) is 18.1 Å². The first kappa shape index (κ1) is 18.6. The molecule has 1 aliphatic heterocycles. The van der Waals surface area contributed by atoms with Crippen molar-refractivity contribution in [3.8, 4) is 0 Å². The molecular formula is C19H27N3O4. The van der Waals surface area contributed by atoms with Gasteiger partial charge in [0.2, 0.25) is 0 Å². The number of nitro benzene ring substituents is 1. The van der Waals surface area contributed by atoms with Gasteiger partial charge >= 0.3 is 0 Å². The van der Waals surface area contributed by atoms with Gasteiger partial charge in [-0.25, -0.2) is 0 Å². The van der Waals surface area contributed by atoms with E-state index in [2.05, 4.69) is 6.92 Å². The van der Waals surface area contributed by atoms with Gasteiger partial charge in [0.1, 0.15) is 5.69 Å². The van der Waals surface area contributed by atoms with Crippen LogP contribution in [0.4, 0.5) is 11.4 Å². The Morgan fingerprint density at radius 1 is 1.23 bits per heavy atom. The van der Waals surface area contributed by atoms with Crippen LogP contribution in [0.25, 0.3) is 0 Å². The van der Waals surface area contributed by atoms with Gasteiger partial charge in [-0.3, -0.25) is 14.9 Å². The SMILES string of the molecule is CC1CCC(N(C)c2ccc(C(=O)N3CCOCC3)cc2[N+](=O)[O-])CC1. The maximum Gasteiger partial charge on any atom is 0.293 e. The molecule has 1 aliphatic carbocycles. The summed E-state index contributed by atoms with van der Waals surface area (Å²) in [5, 5.41) is 11.6. The van der Waals surface area contributed by atoms with E-state index in [-0.39, 0.29) is 16.5 Å². The number of morpholine rings is 1. The third kappa shape index (κ3) is 3.98. The number of nitro groups is 1. The minimum atomic E-state index is -0.382. The Balaban J connectivity index is 1.82. The number of hydrogen-bond donors (Lipinski definition) is 0. The van der Waals surface area contributed by atoms with Gasteiger partial charge in [0, 0.05) is 37.8 Å².